The van der Waals surface area contributed by atoms with Crippen LogP contribution < -0.4 is 0 Å². The second kappa shape index (κ2) is 5.48. The maximum atomic E-state index is 12.4. The van der Waals surface area contributed by atoms with Gasteiger partial charge in [0.1, 0.15) is 0 Å². The van der Waals surface area contributed by atoms with Gasteiger partial charge in [-0.3, -0.25) is 4.79 Å². The van der Waals surface area contributed by atoms with Gasteiger partial charge >= 0.3 is 5.97 Å². The van der Waals surface area contributed by atoms with Gasteiger partial charge in [0.05, 0.1) is 10.8 Å². The minimum absolute atomic E-state index is 0.0180. The van der Waals surface area contributed by atoms with Crippen molar-refractivity contribution < 1.29 is 18.3 Å². The van der Waals surface area contributed by atoms with Crippen LogP contribution in [0.2, 0.25) is 5.02 Å². The van der Waals surface area contributed by atoms with Crippen LogP contribution in [0.5, 0.6) is 0 Å². The molecule has 5 nitrogen and oxygen atoms in total. The van der Waals surface area contributed by atoms with Crippen molar-refractivity contribution in [2.75, 3.05) is 13.1 Å². The Labute approximate surface area is 116 Å². The summed E-state index contributed by atoms with van der Waals surface area (Å²) in [4.78, 5) is 11.1. The number of hydrogen-bond donors (Lipinski definition) is 1. The van der Waals surface area contributed by atoms with Crippen LogP contribution in [-0.2, 0) is 14.8 Å². The number of aliphatic carboxylic acids is 1. The first-order valence-corrected chi connectivity index (χ1v) is 7.71. The van der Waals surface area contributed by atoms with E-state index in [0.29, 0.717) is 24.4 Å². The van der Waals surface area contributed by atoms with Crippen LogP contribution in [0.25, 0.3) is 0 Å². The maximum absolute atomic E-state index is 12.4. The van der Waals surface area contributed by atoms with Crippen LogP contribution in [0.4, 0.5) is 0 Å². The van der Waals surface area contributed by atoms with Gasteiger partial charge in [-0.15, -0.1) is 0 Å². The molecule has 0 aromatic heterocycles. The Kier molecular flexibility index (Phi) is 4.13. The first-order valence-electron chi connectivity index (χ1n) is 5.90. The van der Waals surface area contributed by atoms with Gasteiger partial charge in [0, 0.05) is 18.1 Å². The van der Waals surface area contributed by atoms with Gasteiger partial charge in [-0.1, -0.05) is 17.7 Å². The highest BCUT2D eigenvalue weighted by molar-refractivity contribution is 7.89. The van der Waals surface area contributed by atoms with Crippen LogP contribution in [0.15, 0.2) is 29.2 Å². The third-order valence-corrected chi connectivity index (χ3v) is 5.26. The van der Waals surface area contributed by atoms with Gasteiger partial charge in [-0.05, 0) is 31.0 Å². The van der Waals surface area contributed by atoms with E-state index >= 15 is 0 Å². The number of carboxylic acid groups (broad SMARTS) is 1. The zero-order valence-corrected chi connectivity index (χ0v) is 11.7. The van der Waals surface area contributed by atoms with E-state index in [2.05, 4.69) is 0 Å². The Bertz CT molecular complexity index is 587. The van der Waals surface area contributed by atoms with Crippen molar-refractivity contribution in [3.8, 4) is 0 Å². The van der Waals surface area contributed by atoms with Crippen molar-refractivity contribution in [3.05, 3.63) is 29.3 Å². The fourth-order valence-electron chi connectivity index (χ4n) is 2.14. The highest BCUT2D eigenvalue weighted by Crippen LogP contribution is 2.25. The summed E-state index contributed by atoms with van der Waals surface area (Å²) >= 11 is 5.79. The van der Waals surface area contributed by atoms with Crippen molar-refractivity contribution >= 4 is 27.6 Å². The van der Waals surface area contributed by atoms with E-state index in [4.69, 9.17) is 16.7 Å². The quantitative estimate of drug-likeness (QED) is 0.924. The zero-order valence-electron chi connectivity index (χ0n) is 10.1. The van der Waals surface area contributed by atoms with E-state index in [1.165, 1.54) is 16.4 Å². The Morgan fingerprint density at radius 1 is 1.42 bits per heavy atom. The number of benzene rings is 1. The maximum Gasteiger partial charge on any atom is 0.307 e. The lowest BCUT2D eigenvalue weighted by molar-refractivity contribution is -0.142. The number of sulfonamides is 1. The molecule has 1 N–H and O–H groups in total. The minimum atomic E-state index is -3.67. The average molecular weight is 304 g/mol. The van der Waals surface area contributed by atoms with Gasteiger partial charge in [-0.2, -0.15) is 4.31 Å². The standard InChI is InChI=1S/C12H14ClNO4S/c13-10-4-1-5-11(7-10)19(17,18)14-6-2-3-9(8-14)12(15)16/h1,4-5,7,9H,2-3,6,8H2,(H,15,16)/t9-/m0/s1. The zero-order chi connectivity index (χ0) is 14.0. The molecule has 0 amide bonds. The summed E-state index contributed by atoms with van der Waals surface area (Å²) in [5, 5.41) is 9.33. The van der Waals surface area contributed by atoms with E-state index in [-0.39, 0.29) is 11.4 Å². The largest absolute Gasteiger partial charge is 0.481 e. The first-order chi connectivity index (χ1) is 8.91. The first kappa shape index (κ1) is 14.3. The number of piperidine rings is 1. The molecule has 0 bridgehead atoms. The van der Waals surface area contributed by atoms with Gasteiger partial charge < -0.3 is 5.11 Å². The van der Waals surface area contributed by atoms with Crippen molar-refractivity contribution in [2.45, 2.75) is 17.7 Å². The smallest absolute Gasteiger partial charge is 0.307 e. The molecule has 19 heavy (non-hydrogen) atoms. The third kappa shape index (κ3) is 3.08. The Hall–Kier alpha value is -1.11. The highest BCUT2D eigenvalue weighted by Gasteiger charge is 2.33. The summed E-state index contributed by atoms with van der Waals surface area (Å²) in [7, 11) is -3.67. The molecular formula is C12H14ClNO4S. The van der Waals surface area contributed by atoms with Crippen molar-refractivity contribution in [2.24, 2.45) is 5.92 Å². The number of carbonyl (C=O) groups is 1. The lowest BCUT2D eigenvalue weighted by atomic mass is 10.0. The number of halogens is 1. The van der Waals surface area contributed by atoms with Crippen molar-refractivity contribution in [1.82, 2.24) is 4.31 Å². The van der Waals surface area contributed by atoms with Crippen LogP contribution >= 0.6 is 11.6 Å². The van der Waals surface area contributed by atoms with Crippen LogP contribution in [0.1, 0.15) is 12.8 Å². The van der Waals surface area contributed by atoms with Gasteiger partial charge in [-0.25, -0.2) is 8.42 Å². The average Bonchev–Trinajstić information content (AvgIpc) is 2.39. The summed E-state index contributed by atoms with van der Waals surface area (Å²) < 4.78 is 26.0. The summed E-state index contributed by atoms with van der Waals surface area (Å²) in [5.41, 5.74) is 0. The second-order valence-corrected chi connectivity index (χ2v) is 6.87. The molecule has 1 aromatic rings. The molecule has 0 aliphatic carbocycles. The van der Waals surface area contributed by atoms with E-state index < -0.39 is 21.9 Å². The third-order valence-electron chi connectivity index (χ3n) is 3.17. The monoisotopic (exact) mass is 303 g/mol. The normalized spacial score (nSPS) is 21.2. The molecular weight excluding hydrogens is 290 g/mol. The summed E-state index contributed by atoms with van der Waals surface area (Å²) in [5.74, 6) is -1.59. The predicted octanol–water partition coefficient (Wildman–Crippen LogP) is 1.83. The summed E-state index contributed by atoms with van der Waals surface area (Å²) in [6.07, 6.45) is 1.06. The van der Waals surface area contributed by atoms with Crippen LogP contribution in [-0.4, -0.2) is 36.9 Å². The molecule has 1 aliphatic rings. The molecule has 0 radical (unpaired) electrons. The Morgan fingerprint density at radius 3 is 2.79 bits per heavy atom. The molecule has 1 heterocycles. The molecule has 1 atom stereocenters. The number of carboxylic acids is 1. The topological polar surface area (TPSA) is 74.7 Å². The fraction of sp³-hybridized carbons (Fsp3) is 0.417. The van der Waals surface area contributed by atoms with Crippen molar-refractivity contribution in [3.63, 3.8) is 0 Å². The molecule has 7 heteroatoms. The van der Waals surface area contributed by atoms with E-state index in [1.807, 2.05) is 0 Å². The fourth-order valence-corrected chi connectivity index (χ4v) is 3.96. The van der Waals surface area contributed by atoms with E-state index in [0.717, 1.165) is 0 Å². The predicted molar refractivity (Wildman–Crippen MR) is 70.6 cm³/mol. The molecule has 1 aliphatic heterocycles. The SMILES string of the molecule is O=C(O)[C@H]1CCCN(S(=O)(=O)c2cccc(Cl)c2)C1. The van der Waals surface area contributed by atoms with Gasteiger partial charge in [0.15, 0.2) is 0 Å². The molecule has 104 valence electrons. The number of hydrogen-bond acceptors (Lipinski definition) is 3. The second-order valence-electron chi connectivity index (χ2n) is 4.50. The number of rotatable bonds is 3. The van der Waals surface area contributed by atoms with Gasteiger partial charge in [0.25, 0.3) is 0 Å². The van der Waals surface area contributed by atoms with Crippen LogP contribution in [0.3, 0.4) is 0 Å². The summed E-state index contributed by atoms with van der Waals surface area (Å²) in [6.45, 7) is 0.364. The Balaban J connectivity index is 2.27. The van der Waals surface area contributed by atoms with Crippen molar-refractivity contribution in [1.29, 1.82) is 0 Å². The molecule has 0 unspecified atom stereocenters. The molecule has 1 fully saturated rings. The van der Waals surface area contributed by atoms with E-state index in [1.54, 1.807) is 12.1 Å². The van der Waals surface area contributed by atoms with Crippen LogP contribution in [0, 0.1) is 5.92 Å². The lowest BCUT2D eigenvalue weighted by Crippen LogP contribution is -2.42. The molecule has 0 saturated carbocycles. The van der Waals surface area contributed by atoms with E-state index in [9.17, 15) is 13.2 Å². The lowest BCUT2D eigenvalue weighted by Gasteiger charge is -2.29. The minimum Gasteiger partial charge on any atom is -0.481 e. The molecule has 0 spiro atoms. The number of nitrogens with zero attached hydrogens (tertiary/aromatic N) is 1. The molecule has 1 aromatic carbocycles. The molecule has 1 saturated heterocycles. The highest BCUT2D eigenvalue weighted by atomic mass is 35.5. The Morgan fingerprint density at radius 2 is 2.16 bits per heavy atom. The van der Waals surface area contributed by atoms with Gasteiger partial charge in [0.2, 0.25) is 10.0 Å². The summed E-state index contributed by atoms with van der Waals surface area (Å²) in [6, 6.07) is 6.00. The molecule has 2 rings (SSSR count).